The Morgan fingerprint density at radius 2 is 1.81 bits per heavy atom. The molecule has 1 aromatic rings. The zero-order chi connectivity index (χ0) is 15.7. The third-order valence-electron chi connectivity index (χ3n) is 3.91. The first-order valence-electron chi connectivity index (χ1n) is 8.38. The van der Waals surface area contributed by atoms with Crippen LogP contribution in [0.15, 0.2) is 6.20 Å². The molecule has 120 valence electrons. The molecule has 0 amide bonds. The van der Waals surface area contributed by atoms with Gasteiger partial charge in [0.1, 0.15) is 18.4 Å². The van der Waals surface area contributed by atoms with Crippen molar-refractivity contribution in [2.45, 2.75) is 85.2 Å². The van der Waals surface area contributed by atoms with Gasteiger partial charge in [-0.1, -0.05) is 46.0 Å². The van der Waals surface area contributed by atoms with Gasteiger partial charge in [0.25, 0.3) is 5.82 Å². The fourth-order valence-electron chi connectivity index (χ4n) is 2.88. The van der Waals surface area contributed by atoms with Crippen LogP contribution in [0.2, 0.25) is 0 Å². The second-order valence-electron chi connectivity index (χ2n) is 5.86. The lowest BCUT2D eigenvalue weighted by atomic mass is 10.1. The van der Waals surface area contributed by atoms with E-state index in [9.17, 15) is 9.90 Å². The van der Waals surface area contributed by atoms with Crippen molar-refractivity contribution in [3.8, 4) is 0 Å². The Labute approximate surface area is 128 Å². The van der Waals surface area contributed by atoms with Crippen molar-refractivity contribution >= 4 is 5.97 Å². The Morgan fingerprint density at radius 1 is 1.14 bits per heavy atom. The number of imidazole rings is 1. The van der Waals surface area contributed by atoms with Crippen LogP contribution in [0.5, 0.6) is 0 Å². The quantitative estimate of drug-likeness (QED) is 0.464. The second-order valence-corrected chi connectivity index (χ2v) is 5.86. The number of unbranched alkanes of at least 4 members (excludes halogenated alkanes) is 5. The van der Waals surface area contributed by atoms with Crippen LogP contribution in [0.3, 0.4) is 0 Å². The summed E-state index contributed by atoms with van der Waals surface area (Å²) in [5, 5.41) is 10.9. The van der Waals surface area contributed by atoms with Crippen LogP contribution in [0, 0.1) is 6.92 Å². The molecule has 0 saturated carbocycles. The third kappa shape index (κ3) is 5.90. The van der Waals surface area contributed by atoms with E-state index < -0.39 is 5.97 Å². The van der Waals surface area contributed by atoms with E-state index in [1.807, 2.05) is 17.7 Å². The minimum atomic E-state index is -1.02. The van der Waals surface area contributed by atoms with Gasteiger partial charge in [0.05, 0.1) is 12.5 Å². The highest BCUT2D eigenvalue weighted by atomic mass is 16.4. The number of hydrogen-bond donors (Lipinski definition) is 0. The molecule has 4 nitrogen and oxygen atoms in total. The number of rotatable bonds is 11. The molecular formula is C17H30N2O2. The van der Waals surface area contributed by atoms with Gasteiger partial charge in [-0.2, -0.15) is 0 Å². The fourth-order valence-corrected chi connectivity index (χ4v) is 2.88. The lowest BCUT2D eigenvalue weighted by molar-refractivity contribution is -0.697. The third-order valence-corrected chi connectivity index (χ3v) is 3.91. The van der Waals surface area contributed by atoms with Gasteiger partial charge in [-0.15, -0.1) is 0 Å². The molecule has 0 spiro atoms. The van der Waals surface area contributed by atoms with Gasteiger partial charge in [-0.05, 0) is 12.8 Å². The Balaban J connectivity index is 2.65. The molecule has 4 heteroatoms. The molecule has 0 atom stereocenters. The van der Waals surface area contributed by atoms with Crippen LogP contribution in [0.25, 0.3) is 0 Å². The number of carbonyl (C=O) groups excluding carboxylic acids is 1. The highest BCUT2D eigenvalue weighted by Gasteiger charge is 2.19. The van der Waals surface area contributed by atoms with Gasteiger partial charge in [-0.25, -0.2) is 9.13 Å². The number of aromatic nitrogens is 2. The van der Waals surface area contributed by atoms with Crippen molar-refractivity contribution in [1.82, 2.24) is 4.57 Å². The average molecular weight is 294 g/mol. The van der Waals surface area contributed by atoms with E-state index in [-0.39, 0.29) is 6.54 Å². The predicted molar refractivity (Wildman–Crippen MR) is 81.7 cm³/mol. The van der Waals surface area contributed by atoms with Crippen LogP contribution in [0.4, 0.5) is 0 Å². The first kappa shape index (κ1) is 17.7. The SMILES string of the molecule is CCCCCCCCc1n(CCC)c(C)c[n+]1CC(=O)[O-]. The van der Waals surface area contributed by atoms with Gasteiger partial charge in [0.15, 0.2) is 0 Å². The van der Waals surface area contributed by atoms with Crippen molar-refractivity contribution < 1.29 is 14.5 Å². The molecule has 0 fully saturated rings. The van der Waals surface area contributed by atoms with E-state index in [4.69, 9.17) is 0 Å². The lowest BCUT2D eigenvalue weighted by Gasteiger charge is -2.06. The van der Waals surface area contributed by atoms with Crippen molar-refractivity contribution in [3.05, 3.63) is 17.7 Å². The number of carboxylic acids is 1. The average Bonchev–Trinajstić information content (AvgIpc) is 2.70. The van der Waals surface area contributed by atoms with Crippen LogP contribution < -0.4 is 9.67 Å². The van der Waals surface area contributed by atoms with E-state index in [0.717, 1.165) is 37.3 Å². The molecule has 1 aromatic heterocycles. The monoisotopic (exact) mass is 294 g/mol. The highest BCUT2D eigenvalue weighted by molar-refractivity contribution is 5.62. The Bertz CT molecular complexity index is 438. The van der Waals surface area contributed by atoms with Crippen molar-refractivity contribution in [1.29, 1.82) is 0 Å². The minimum Gasteiger partial charge on any atom is -0.546 e. The minimum absolute atomic E-state index is 0.0390. The predicted octanol–water partition coefficient (Wildman–Crippen LogP) is 2.15. The van der Waals surface area contributed by atoms with Crippen LogP contribution in [-0.2, 0) is 24.3 Å². The summed E-state index contributed by atoms with van der Waals surface area (Å²) in [6.07, 6.45) is 11.5. The standard InChI is InChI=1S/C17H30N2O2/c1-4-6-7-8-9-10-11-16-18(14-17(20)21)13-15(3)19(16)12-5-2/h13H,4-12,14H2,1-3H3. The molecule has 0 aromatic carbocycles. The Morgan fingerprint density at radius 3 is 2.43 bits per heavy atom. The fraction of sp³-hybridized carbons (Fsp3) is 0.765. The van der Waals surface area contributed by atoms with Gasteiger partial charge >= 0.3 is 0 Å². The van der Waals surface area contributed by atoms with Gasteiger partial charge in [-0.3, -0.25) is 0 Å². The largest absolute Gasteiger partial charge is 0.546 e. The first-order chi connectivity index (χ1) is 10.1. The van der Waals surface area contributed by atoms with Gasteiger partial charge < -0.3 is 9.90 Å². The van der Waals surface area contributed by atoms with E-state index in [0.29, 0.717) is 0 Å². The summed E-state index contributed by atoms with van der Waals surface area (Å²) in [5.41, 5.74) is 1.14. The number of carboxylic acid groups (broad SMARTS) is 1. The Kier molecular flexibility index (Phi) is 8.09. The lowest BCUT2D eigenvalue weighted by Crippen LogP contribution is -2.45. The summed E-state index contributed by atoms with van der Waals surface area (Å²) >= 11 is 0. The molecule has 0 radical (unpaired) electrons. The number of carbonyl (C=O) groups is 1. The van der Waals surface area contributed by atoms with Crippen LogP contribution in [-0.4, -0.2) is 10.5 Å². The molecule has 0 aliphatic rings. The number of aliphatic carboxylic acids is 1. The molecule has 0 aliphatic heterocycles. The molecule has 0 aliphatic carbocycles. The molecule has 0 saturated heterocycles. The second kappa shape index (κ2) is 9.59. The topological polar surface area (TPSA) is 48.9 Å². The molecule has 21 heavy (non-hydrogen) atoms. The summed E-state index contributed by atoms with van der Waals surface area (Å²) in [6.45, 7) is 7.34. The van der Waals surface area contributed by atoms with E-state index in [1.54, 1.807) is 0 Å². The molecular weight excluding hydrogens is 264 g/mol. The maximum Gasteiger partial charge on any atom is 0.256 e. The normalized spacial score (nSPS) is 11.0. The number of nitrogens with zero attached hydrogens (tertiary/aromatic N) is 2. The zero-order valence-electron chi connectivity index (χ0n) is 13.9. The maximum absolute atomic E-state index is 10.9. The smallest absolute Gasteiger partial charge is 0.256 e. The molecule has 0 bridgehead atoms. The van der Waals surface area contributed by atoms with Crippen molar-refractivity contribution in [3.63, 3.8) is 0 Å². The van der Waals surface area contributed by atoms with E-state index in [1.165, 1.54) is 32.1 Å². The number of aryl methyl sites for hydroxylation is 1. The maximum atomic E-state index is 10.9. The van der Waals surface area contributed by atoms with Crippen LogP contribution >= 0.6 is 0 Å². The summed E-state index contributed by atoms with van der Waals surface area (Å²) in [4.78, 5) is 10.9. The molecule has 0 unspecified atom stereocenters. The van der Waals surface area contributed by atoms with Crippen molar-refractivity contribution in [2.75, 3.05) is 0 Å². The summed E-state index contributed by atoms with van der Waals surface area (Å²) in [5.74, 6) is 0.117. The summed E-state index contributed by atoms with van der Waals surface area (Å²) in [6, 6.07) is 0. The zero-order valence-corrected chi connectivity index (χ0v) is 13.9. The van der Waals surface area contributed by atoms with Crippen LogP contribution in [0.1, 0.15) is 70.3 Å². The highest BCUT2D eigenvalue weighted by Crippen LogP contribution is 2.11. The van der Waals surface area contributed by atoms with E-state index in [2.05, 4.69) is 18.4 Å². The molecule has 0 N–H and O–H groups in total. The van der Waals surface area contributed by atoms with Crippen molar-refractivity contribution in [2.24, 2.45) is 0 Å². The number of hydrogen-bond acceptors (Lipinski definition) is 2. The first-order valence-corrected chi connectivity index (χ1v) is 8.38. The summed E-state index contributed by atoms with van der Waals surface area (Å²) in [7, 11) is 0. The summed E-state index contributed by atoms with van der Waals surface area (Å²) < 4.78 is 4.11. The van der Waals surface area contributed by atoms with E-state index >= 15 is 0 Å². The molecule has 1 rings (SSSR count). The van der Waals surface area contributed by atoms with Gasteiger partial charge in [0.2, 0.25) is 0 Å². The molecule has 1 heterocycles. The van der Waals surface area contributed by atoms with Gasteiger partial charge in [0, 0.05) is 13.3 Å². The Hall–Kier alpha value is -1.32.